The molecule has 1 fully saturated rings. The van der Waals surface area contributed by atoms with E-state index in [4.69, 9.17) is 4.74 Å². The number of halogens is 2. The van der Waals surface area contributed by atoms with Gasteiger partial charge in [0.05, 0.1) is 7.11 Å². The maximum absolute atomic E-state index is 13.3. The lowest BCUT2D eigenvalue weighted by molar-refractivity contribution is -0.129. The number of ketones is 1. The van der Waals surface area contributed by atoms with Crippen LogP contribution in [0.3, 0.4) is 0 Å². The van der Waals surface area contributed by atoms with E-state index in [-0.39, 0.29) is 25.0 Å². The lowest BCUT2D eigenvalue weighted by Crippen LogP contribution is -2.31. The van der Waals surface area contributed by atoms with Crippen LogP contribution in [0.15, 0.2) is 24.3 Å². The molecular weight excluding hydrogens is 250 g/mol. The Kier molecular flexibility index (Phi) is 4.17. The molecule has 1 aliphatic rings. The van der Waals surface area contributed by atoms with Crippen molar-refractivity contribution >= 4 is 5.78 Å². The molecule has 1 saturated carbocycles. The topological polar surface area (TPSA) is 26.3 Å². The highest BCUT2D eigenvalue weighted by Crippen LogP contribution is 2.37. The fourth-order valence-corrected chi connectivity index (χ4v) is 2.54. The Morgan fingerprint density at radius 1 is 1.37 bits per heavy atom. The molecule has 4 heteroatoms. The second kappa shape index (κ2) is 5.68. The van der Waals surface area contributed by atoms with Crippen LogP contribution in [0.1, 0.15) is 31.2 Å². The summed E-state index contributed by atoms with van der Waals surface area (Å²) >= 11 is 0. The van der Waals surface area contributed by atoms with E-state index in [0.717, 1.165) is 11.3 Å². The quantitative estimate of drug-likeness (QED) is 0.833. The zero-order valence-electron chi connectivity index (χ0n) is 11.0. The summed E-state index contributed by atoms with van der Waals surface area (Å²) in [7, 11) is 1.57. The van der Waals surface area contributed by atoms with Crippen LogP contribution in [0, 0.1) is 5.92 Å². The minimum atomic E-state index is -2.67. The fourth-order valence-electron chi connectivity index (χ4n) is 2.54. The van der Waals surface area contributed by atoms with E-state index in [2.05, 4.69) is 0 Å². The molecule has 0 aliphatic heterocycles. The Hall–Kier alpha value is -1.45. The molecular formula is C15H18F2O2. The first kappa shape index (κ1) is 14.0. The van der Waals surface area contributed by atoms with Crippen molar-refractivity contribution in [2.75, 3.05) is 7.11 Å². The van der Waals surface area contributed by atoms with Crippen molar-refractivity contribution < 1.29 is 18.3 Å². The number of rotatable bonds is 4. The smallest absolute Gasteiger partial charge is 0.248 e. The van der Waals surface area contributed by atoms with Gasteiger partial charge < -0.3 is 4.74 Å². The molecule has 0 aromatic heterocycles. The summed E-state index contributed by atoms with van der Waals surface area (Å²) in [5.74, 6) is -2.52. The maximum Gasteiger partial charge on any atom is 0.248 e. The number of methoxy groups -OCH3 is 1. The summed E-state index contributed by atoms with van der Waals surface area (Å²) in [6.45, 7) is 0. The summed E-state index contributed by atoms with van der Waals surface area (Å²) in [4.78, 5) is 12.0. The van der Waals surface area contributed by atoms with Gasteiger partial charge in [0.1, 0.15) is 11.5 Å². The van der Waals surface area contributed by atoms with E-state index in [9.17, 15) is 13.6 Å². The van der Waals surface area contributed by atoms with Gasteiger partial charge >= 0.3 is 0 Å². The van der Waals surface area contributed by atoms with Crippen LogP contribution in [0.4, 0.5) is 8.78 Å². The molecule has 0 bridgehead atoms. The average molecular weight is 268 g/mol. The third-order valence-electron chi connectivity index (χ3n) is 3.63. The summed E-state index contributed by atoms with van der Waals surface area (Å²) in [5, 5.41) is 0. The van der Waals surface area contributed by atoms with Crippen LogP contribution in [0.25, 0.3) is 0 Å². The average Bonchev–Trinajstić information content (AvgIpc) is 2.38. The van der Waals surface area contributed by atoms with Crippen molar-refractivity contribution in [3.05, 3.63) is 29.8 Å². The molecule has 0 radical (unpaired) electrons. The largest absolute Gasteiger partial charge is 0.497 e. The third kappa shape index (κ3) is 3.75. The van der Waals surface area contributed by atoms with Crippen LogP contribution < -0.4 is 4.74 Å². The van der Waals surface area contributed by atoms with E-state index in [0.29, 0.717) is 12.8 Å². The lowest BCUT2D eigenvalue weighted by atomic mass is 9.82. The molecule has 1 atom stereocenters. The summed E-state index contributed by atoms with van der Waals surface area (Å²) < 4.78 is 31.6. The molecule has 104 valence electrons. The molecule has 1 unspecified atom stereocenters. The van der Waals surface area contributed by atoms with Crippen molar-refractivity contribution in [2.45, 2.75) is 38.0 Å². The maximum atomic E-state index is 13.3. The first-order chi connectivity index (χ1) is 9.00. The zero-order valence-corrected chi connectivity index (χ0v) is 11.0. The van der Waals surface area contributed by atoms with Gasteiger partial charge in [-0.2, -0.15) is 0 Å². The molecule has 0 saturated heterocycles. The summed E-state index contributed by atoms with van der Waals surface area (Å²) in [6.07, 6.45) is 0.878. The molecule has 0 amide bonds. The van der Waals surface area contributed by atoms with Gasteiger partial charge in [0.15, 0.2) is 0 Å². The van der Waals surface area contributed by atoms with Gasteiger partial charge in [0.25, 0.3) is 0 Å². The van der Waals surface area contributed by atoms with Gasteiger partial charge in [0, 0.05) is 25.2 Å². The van der Waals surface area contributed by atoms with Crippen LogP contribution in [0.5, 0.6) is 5.75 Å². The Balaban J connectivity index is 1.96. The minimum Gasteiger partial charge on any atom is -0.497 e. The fraction of sp³-hybridized carbons (Fsp3) is 0.533. The lowest BCUT2D eigenvalue weighted by Gasteiger charge is -2.27. The van der Waals surface area contributed by atoms with Gasteiger partial charge in [-0.1, -0.05) is 12.1 Å². The molecule has 0 N–H and O–H groups in total. The van der Waals surface area contributed by atoms with Gasteiger partial charge in [-0.05, 0) is 30.5 Å². The predicted octanol–water partition coefficient (Wildman–Crippen LogP) is 3.63. The standard InChI is InChI=1S/C15H18F2O2/c1-19-13-6-4-11(5-7-13)9-14(18)12-3-2-8-15(16,17)10-12/h4-7,12H,2-3,8-10H2,1H3. The van der Waals surface area contributed by atoms with Gasteiger partial charge in [-0.3, -0.25) is 4.79 Å². The molecule has 0 spiro atoms. The Bertz CT molecular complexity index is 440. The number of hydrogen-bond acceptors (Lipinski definition) is 2. The number of carbonyl (C=O) groups excluding carboxylic acids is 1. The van der Waals surface area contributed by atoms with Gasteiger partial charge in [0.2, 0.25) is 5.92 Å². The Morgan fingerprint density at radius 3 is 2.63 bits per heavy atom. The highest BCUT2D eigenvalue weighted by molar-refractivity contribution is 5.83. The summed E-state index contributed by atoms with van der Waals surface area (Å²) in [6, 6.07) is 7.16. The molecule has 1 aromatic rings. The Labute approximate surface area is 111 Å². The molecule has 2 nitrogen and oxygen atoms in total. The van der Waals surface area contributed by atoms with Gasteiger partial charge in [-0.15, -0.1) is 0 Å². The van der Waals surface area contributed by atoms with Gasteiger partial charge in [-0.25, -0.2) is 8.78 Å². The van der Waals surface area contributed by atoms with E-state index in [1.165, 1.54) is 0 Å². The monoisotopic (exact) mass is 268 g/mol. The first-order valence-corrected chi connectivity index (χ1v) is 6.54. The van der Waals surface area contributed by atoms with Crippen LogP contribution in [-0.4, -0.2) is 18.8 Å². The zero-order chi connectivity index (χ0) is 13.9. The third-order valence-corrected chi connectivity index (χ3v) is 3.63. The summed E-state index contributed by atoms with van der Waals surface area (Å²) in [5.41, 5.74) is 0.847. The molecule has 1 aromatic carbocycles. The van der Waals surface area contributed by atoms with Crippen LogP contribution >= 0.6 is 0 Å². The van der Waals surface area contributed by atoms with E-state index in [1.54, 1.807) is 31.4 Å². The Morgan fingerprint density at radius 2 is 2.05 bits per heavy atom. The number of hydrogen-bond donors (Lipinski definition) is 0. The van der Waals surface area contributed by atoms with Crippen molar-refractivity contribution in [1.82, 2.24) is 0 Å². The SMILES string of the molecule is COc1ccc(CC(=O)C2CCCC(F)(F)C2)cc1. The number of benzene rings is 1. The highest BCUT2D eigenvalue weighted by Gasteiger charge is 2.38. The number of Topliss-reactive ketones (excluding diaryl/α,β-unsaturated/α-hetero) is 1. The normalized spacial score (nSPS) is 21.9. The minimum absolute atomic E-state index is 0.0791. The van der Waals surface area contributed by atoms with E-state index in [1.807, 2.05) is 0 Å². The number of carbonyl (C=O) groups is 1. The molecule has 19 heavy (non-hydrogen) atoms. The van der Waals surface area contributed by atoms with Crippen molar-refractivity contribution in [1.29, 1.82) is 0 Å². The van der Waals surface area contributed by atoms with E-state index >= 15 is 0 Å². The molecule has 1 aliphatic carbocycles. The predicted molar refractivity (Wildman–Crippen MR) is 68.6 cm³/mol. The van der Waals surface area contributed by atoms with Crippen molar-refractivity contribution in [2.24, 2.45) is 5.92 Å². The van der Waals surface area contributed by atoms with Crippen molar-refractivity contribution in [3.63, 3.8) is 0 Å². The number of ether oxygens (including phenoxy) is 1. The number of alkyl halides is 2. The molecule has 2 rings (SSSR count). The molecule has 0 heterocycles. The highest BCUT2D eigenvalue weighted by atomic mass is 19.3. The van der Waals surface area contributed by atoms with Crippen molar-refractivity contribution in [3.8, 4) is 5.75 Å². The second-order valence-corrected chi connectivity index (χ2v) is 5.14. The second-order valence-electron chi connectivity index (χ2n) is 5.14. The van der Waals surface area contributed by atoms with E-state index < -0.39 is 11.8 Å². The first-order valence-electron chi connectivity index (χ1n) is 6.54. The van der Waals surface area contributed by atoms with Crippen LogP contribution in [0.2, 0.25) is 0 Å². The van der Waals surface area contributed by atoms with Crippen LogP contribution in [-0.2, 0) is 11.2 Å².